The Morgan fingerprint density at radius 3 is 2.11 bits per heavy atom. The van der Waals surface area contributed by atoms with E-state index in [0.29, 0.717) is 5.92 Å². The summed E-state index contributed by atoms with van der Waals surface area (Å²) in [7, 11) is 0. The summed E-state index contributed by atoms with van der Waals surface area (Å²) in [6, 6.07) is 16.5. The molecule has 0 saturated carbocycles. The van der Waals surface area contributed by atoms with E-state index in [1.165, 1.54) is 97.6 Å². The van der Waals surface area contributed by atoms with Gasteiger partial charge in [-0.25, -0.2) is 0 Å². The first-order valence-electron chi connectivity index (χ1n) is 14.6. The molecule has 2 rings (SSSR count). The van der Waals surface area contributed by atoms with Crippen molar-refractivity contribution in [3.63, 3.8) is 0 Å². The molecule has 0 aromatic heterocycles. The molecule has 35 heavy (non-hydrogen) atoms. The van der Waals surface area contributed by atoms with Gasteiger partial charge in [0, 0.05) is 0 Å². The SMILES string of the molecule is C=C(C)C(CC)C(C)CC(C)CCc1cccc(-c2cc(CCC(CCC)CCC)ccc2C)c1. The van der Waals surface area contributed by atoms with Gasteiger partial charge in [0.1, 0.15) is 0 Å². The Hall–Kier alpha value is -1.82. The summed E-state index contributed by atoms with van der Waals surface area (Å²) in [6.45, 7) is 20.5. The highest BCUT2D eigenvalue weighted by atomic mass is 14.2. The minimum atomic E-state index is 0.662. The highest BCUT2D eigenvalue weighted by molar-refractivity contribution is 5.68. The second-order valence-electron chi connectivity index (χ2n) is 11.5. The fourth-order valence-corrected chi connectivity index (χ4v) is 6.22. The second-order valence-corrected chi connectivity index (χ2v) is 11.5. The van der Waals surface area contributed by atoms with E-state index in [1.54, 1.807) is 0 Å². The molecular weight excluding hydrogens is 420 g/mol. The van der Waals surface area contributed by atoms with Gasteiger partial charge in [-0.15, -0.1) is 0 Å². The van der Waals surface area contributed by atoms with Crippen LogP contribution in [-0.2, 0) is 12.8 Å². The third kappa shape index (κ3) is 9.63. The highest BCUT2D eigenvalue weighted by Gasteiger charge is 2.18. The minimum Gasteiger partial charge on any atom is -0.0999 e. The second kappa shape index (κ2) is 15.3. The summed E-state index contributed by atoms with van der Waals surface area (Å²) < 4.78 is 0. The van der Waals surface area contributed by atoms with Crippen molar-refractivity contribution in [3.05, 3.63) is 71.3 Å². The number of aryl methyl sites for hydroxylation is 3. The number of allylic oxidation sites excluding steroid dienone is 1. The van der Waals surface area contributed by atoms with Crippen LogP contribution in [0.5, 0.6) is 0 Å². The average molecular weight is 475 g/mol. The first-order valence-corrected chi connectivity index (χ1v) is 14.6. The fraction of sp³-hybridized carbons (Fsp3) is 0.600. The smallest absolute Gasteiger partial charge is 0.0152 e. The van der Waals surface area contributed by atoms with Crippen molar-refractivity contribution >= 4 is 0 Å². The van der Waals surface area contributed by atoms with Crippen molar-refractivity contribution in [1.82, 2.24) is 0 Å². The molecule has 3 atom stereocenters. The van der Waals surface area contributed by atoms with E-state index in [9.17, 15) is 0 Å². The van der Waals surface area contributed by atoms with Gasteiger partial charge in [-0.3, -0.25) is 0 Å². The van der Waals surface area contributed by atoms with Gasteiger partial charge in [0.05, 0.1) is 0 Å². The van der Waals surface area contributed by atoms with E-state index in [-0.39, 0.29) is 0 Å². The van der Waals surface area contributed by atoms with Gasteiger partial charge in [0.2, 0.25) is 0 Å². The lowest BCUT2D eigenvalue weighted by atomic mass is 9.80. The van der Waals surface area contributed by atoms with Crippen molar-refractivity contribution in [2.45, 2.75) is 113 Å². The number of benzene rings is 2. The molecule has 0 N–H and O–H groups in total. The van der Waals surface area contributed by atoms with Gasteiger partial charge in [-0.1, -0.05) is 115 Å². The fourth-order valence-electron chi connectivity index (χ4n) is 6.22. The van der Waals surface area contributed by atoms with Crippen LogP contribution in [-0.4, -0.2) is 0 Å². The predicted molar refractivity (Wildman–Crippen MR) is 158 cm³/mol. The molecule has 0 aliphatic heterocycles. The summed E-state index contributed by atoms with van der Waals surface area (Å²) in [6.07, 6.45) is 12.8. The molecular formula is C35H54. The molecule has 194 valence electrons. The molecule has 0 heteroatoms. The Kier molecular flexibility index (Phi) is 12.9. The van der Waals surface area contributed by atoms with Crippen LogP contribution in [0.1, 0.15) is 110 Å². The third-order valence-corrected chi connectivity index (χ3v) is 8.23. The normalized spacial score (nSPS) is 14.2. The molecule has 2 aromatic carbocycles. The third-order valence-electron chi connectivity index (χ3n) is 8.23. The first-order chi connectivity index (χ1) is 16.8. The van der Waals surface area contributed by atoms with Crippen LogP contribution in [0.15, 0.2) is 54.6 Å². The van der Waals surface area contributed by atoms with E-state index in [0.717, 1.165) is 17.8 Å². The lowest BCUT2D eigenvalue weighted by molar-refractivity contribution is 0.312. The molecule has 0 nitrogen and oxygen atoms in total. The standard InChI is InChI=1S/C35H54/c1-9-13-30(14-10-2)21-22-32-20-18-28(7)35(25-32)33-16-12-15-31(24-33)19-17-27(6)23-29(8)34(11-3)26(4)5/h12,15-16,18,20,24-25,27,29-30,34H,4,9-11,13-14,17,19,21-23H2,1-3,5-8H3. The van der Waals surface area contributed by atoms with Crippen molar-refractivity contribution in [1.29, 1.82) is 0 Å². The lowest BCUT2D eigenvalue weighted by Gasteiger charge is -2.26. The van der Waals surface area contributed by atoms with Crippen LogP contribution in [0.25, 0.3) is 11.1 Å². The van der Waals surface area contributed by atoms with Crippen LogP contribution in [0, 0.1) is 30.6 Å². The summed E-state index contributed by atoms with van der Waals surface area (Å²) in [5, 5.41) is 0. The highest BCUT2D eigenvalue weighted by Crippen LogP contribution is 2.31. The Bertz CT molecular complexity index is 883. The number of hydrogen-bond acceptors (Lipinski definition) is 0. The van der Waals surface area contributed by atoms with Crippen LogP contribution < -0.4 is 0 Å². The molecule has 0 amide bonds. The average Bonchev–Trinajstić information content (AvgIpc) is 2.82. The maximum absolute atomic E-state index is 4.24. The largest absolute Gasteiger partial charge is 0.0999 e. The summed E-state index contributed by atoms with van der Waals surface area (Å²) >= 11 is 0. The van der Waals surface area contributed by atoms with Crippen molar-refractivity contribution in [2.75, 3.05) is 0 Å². The Morgan fingerprint density at radius 1 is 0.829 bits per heavy atom. The first kappa shape index (κ1) is 29.4. The van der Waals surface area contributed by atoms with Gasteiger partial charge in [0.15, 0.2) is 0 Å². The molecule has 3 unspecified atom stereocenters. The zero-order valence-electron chi connectivity index (χ0n) is 24.1. The van der Waals surface area contributed by atoms with Crippen LogP contribution in [0.3, 0.4) is 0 Å². The molecule has 0 saturated heterocycles. The van der Waals surface area contributed by atoms with Gasteiger partial charge in [-0.05, 0) is 104 Å². The molecule has 0 spiro atoms. The van der Waals surface area contributed by atoms with Gasteiger partial charge < -0.3 is 0 Å². The van der Waals surface area contributed by atoms with E-state index < -0.39 is 0 Å². The Balaban J connectivity index is 2.04. The maximum Gasteiger partial charge on any atom is -0.0152 e. The van der Waals surface area contributed by atoms with E-state index in [2.05, 4.69) is 97.5 Å². The Morgan fingerprint density at radius 2 is 1.49 bits per heavy atom. The molecule has 0 aliphatic rings. The number of rotatable bonds is 16. The van der Waals surface area contributed by atoms with Crippen molar-refractivity contribution in [2.24, 2.45) is 23.7 Å². The molecule has 2 aromatic rings. The zero-order valence-corrected chi connectivity index (χ0v) is 24.1. The molecule has 0 heterocycles. The summed E-state index contributed by atoms with van der Waals surface area (Å²) in [5.41, 5.74) is 8.51. The topological polar surface area (TPSA) is 0 Å². The summed E-state index contributed by atoms with van der Waals surface area (Å²) in [4.78, 5) is 0. The van der Waals surface area contributed by atoms with Gasteiger partial charge in [-0.2, -0.15) is 0 Å². The van der Waals surface area contributed by atoms with Gasteiger partial charge >= 0.3 is 0 Å². The number of hydrogen-bond donors (Lipinski definition) is 0. The van der Waals surface area contributed by atoms with Crippen molar-refractivity contribution < 1.29 is 0 Å². The van der Waals surface area contributed by atoms with E-state index in [1.807, 2.05) is 0 Å². The van der Waals surface area contributed by atoms with Crippen LogP contribution >= 0.6 is 0 Å². The maximum atomic E-state index is 4.24. The van der Waals surface area contributed by atoms with E-state index >= 15 is 0 Å². The summed E-state index contributed by atoms with van der Waals surface area (Å²) in [5.74, 6) is 3.01. The predicted octanol–water partition coefficient (Wildman–Crippen LogP) is 11.0. The minimum absolute atomic E-state index is 0.662. The molecule has 0 bridgehead atoms. The lowest BCUT2D eigenvalue weighted by Crippen LogP contribution is -2.15. The molecule has 0 aliphatic carbocycles. The van der Waals surface area contributed by atoms with Gasteiger partial charge in [0.25, 0.3) is 0 Å². The molecule has 0 fully saturated rings. The van der Waals surface area contributed by atoms with Crippen LogP contribution in [0.2, 0.25) is 0 Å². The van der Waals surface area contributed by atoms with E-state index in [4.69, 9.17) is 0 Å². The quantitative estimate of drug-likeness (QED) is 0.212. The monoisotopic (exact) mass is 474 g/mol. The van der Waals surface area contributed by atoms with Crippen LogP contribution in [0.4, 0.5) is 0 Å². The zero-order chi connectivity index (χ0) is 25.8. The Labute approximate surface area is 218 Å². The van der Waals surface area contributed by atoms with Crippen molar-refractivity contribution in [3.8, 4) is 11.1 Å². The molecule has 0 radical (unpaired) electrons.